The fourth-order valence-corrected chi connectivity index (χ4v) is 2.14. The maximum absolute atomic E-state index is 10.6. The van der Waals surface area contributed by atoms with E-state index in [1.165, 1.54) is 0 Å². The molecule has 0 fully saturated rings. The summed E-state index contributed by atoms with van der Waals surface area (Å²) in [5.74, 6) is 0.713. The molecule has 0 saturated carbocycles. The highest BCUT2D eigenvalue weighted by molar-refractivity contribution is 5.40. The molecule has 0 aliphatic heterocycles. The second-order valence-electron chi connectivity index (χ2n) is 4.27. The largest absolute Gasteiger partial charge is 0.493 e. The Morgan fingerprint density at radius 2 is 1.95 bits per heavy atom. The monoisotopic (exact) mass is 257 g/mol. The van der Waals surface area contributed by atoms with E-state index in [2.05, 4.69) is 11.9 Å². The second kappa shape index (κ2) is 6.34. The van der Waals surface area contributed by atoms with Crippen LogP contribution in [0.15, 0.2) is 42.6 Å². The van der Waals surface area contributed by atoms with Gasteiger partial charge in [0.2, 0.25) is 0 Å². The van der Waals surface area contributed by atoms with Crippen molar-refractivity contribution in [2.24, 2.45) is 0 Å². The van der Waals surface area contributed by atoms with Crippen molar-refractivity contribution in [1.82, 2.24) is 4.98 Å². The normalized spacial score (nSPS) is 12.2. The average Bonchev–Trinajstić information content (AvgIpc) is 2.47. The summed E-state index contributed by atoms with van der Waals surface area (Å²) in [6, 6.07) is 11.4. The molecule has 0 aliphatic carbocycles. The van der Waals surface area contributed by atoms with Crippen molar-refractivity contribution in [3.63, 3.8) is 0 Å². The highest BCUT2D eigenvalue weighted by Crippen LogP contribution is 2.30. The lowest BCUT2D eigenvalue weighted by Gasteiger charge is -2.17. The van der Waals surface area contributed by atoms with E-state index in [1.807, 2.05) is 43.3 Å². The summed E-state index contributed by atoms with van der Waals surface area (Å²) in [5.41, 5.74) is 2.52. The third-order valence-electron chi connectivity index (χ3n) is 3.08. The van der Waals surface area contributed by atoms with Gasteiger partial charge in [-0.3, -0.25) is 4.98 Å². The van der Waals surface area contributed by atoms with Crippen molar-refractivity contribution in [3.05, 3.63) is 59.4 Å². The molecule has 1 atom stereocenters. The van der Waals surface area contributed by atoms with Gasteiger partial charge in [0, 0.05) is 11.8 Å². The first-order valence-corrected chi connectivity index (χ1v) is 6.61. The topological polar surface area (TPSA) is 42.4 Å². The number of benzene rings is 1. The Hall–Kier alpha value is -1.87. The Morgan fingerprint density at radius 3 is 2.68 bits per heavy atom. The van der Waals surface area contributed by atoms with Crippen molar-refractivity contribution in [1.29, 1.82) is 0 Å². The average molecular weight is 257 g/mol. The van der Waals surface area contributed by atoms with Gasteiger partial charge >= 0.3 is 0 Å². The van der Waals surface area contributed by atoms with Gasteiger partial charge in [0.25, 0.3) is 0 Å². The Bertz CT molecular complexity index is 540. The van der Waals surface area contributed by atoms with Crippen LogP contribution >= 0.6 is 0 Å². The van der Waals surface area contributed by atoms with Crippen LogP contribution in [0.3, 0.4) is 0 Å². The zero-order chi connectivity index (χ0) is 13.7. The third kappa shape index (κ3) is 2.93. The Labute approximate surface area is 113 Å². The molecule has 0 spiro atoms. The molecule has 0 bridgehead atoms. The summed E-state index contributed by atoms with van der Waals surface area (Å²) >= 11 is 0. The molecule has 1 unspecified atom stereocenters. The van der Waals surface area contributed by atoms with Crippen molar-refractivity contribution in [3.8, 4) is 5.75 Å². The number of hydrogen-bond acceptors (Lipinski definition) is 3. The van der Waals surface area contributed by atoms with Crippen LogP contribution in [-0.4, -0.2) is 16.7 Å². The molecule has 0 aliphatic rings. The van der Waals surface area contributed by atoms with Gasteiger partial charge in [0.05, 0.1) is 12.3 Å². The van der Waals surface area contributed by atoms with Gasteiger partial charge in [0.15, 0.2) is 0 Å². The molecular formula is C16H19NO2. The highest BCUT2D eigenvalue weighted by atomic mass is 16.5. The van der Waals surface area contributed by atoms with Crippen molar-refractivity contribution in [2.75, 3.05) is 6.61 Å². The SMILES string of the molecule is CCOc1ccccc1C(O)c1ncccc1CC. The van der Waals surface area contributed by atoms with Crippen LogP contribution in [0, 0.1) is 0 Å². The second-order valence-corrected chi connectivity index (χ2v) is 4.27. The first-order chi connectivity index (χ1) is 9.27. The minimum absolute atomic E-state index is 0.576. The summed E-state index contributed by atoms with van der Waals surface area (Å²) in [4.78, 5) is 4.32. The lowest BCUT2D eigenvalue weighted by atomic mass is 10.00. The smallest absolute Gasteiger partial charge is 0.125 e. The molecule has 0 saturated heterocycles. The van der Waals surface area contributed by atoms with E-state index >= 15 is 0 Å². The molecule has 3 nitrogen and oxygen atoms in total. The minimum atomic E-state index is -0.751. The molecular weight excluding hydrogens is 238 g/mol. The predicted molar refractivity (Wildman–Crippen MR) is 75.3 cm³/mol. The highest BCUT2D eigenvalue weighted by Gasteiger charge is 2.18. The predicted octanol–water partition coefficient (Wildman–Crippen LogP) is 3.12. The maximum Gasteiger partial charge on any atom is 0.125 e. The molecule has 2 aromatic rings. The molecule has 19 heavy (non-hydrogen) atoms. The summed E-state index contributed by atoms with van der Waals surface area (Å²) < 4.78 is 5.57. The van der Waals surface area contributed by atoms with Crippen molar-refractivity contribution in [2.45, 2.75) is 26.4 Å². The number of rotatable bonds is 5. The molecule has 2 rings (SSSR count). The number of nitrogens with zero attached hydrogens (tertiary/aromatic N) is 1. The summed E-state index contributed by atoms with van der Waals surface area (Å²) in [5, 5.41) is 10.6. The van der Waals surface area contributed by atoms with Crippen LogP contribution in [0.2, 0.25) is 0 Å². The number of ether oxygens (including phenoxy) is 1. The van der Waals surface area contributed by atoms with Crippen molar-refractivity contribution < 1.29 is 9.84 Å². The van der Waals surface area contributed by atoms with Gasteiger partial charge in [-0.25, -0.2) is 0 Å². The van der Waals surface area contributed by atoms with Crippen LogP contribution in [0.5, 0.6) is 5.75 Å². The number of para-hydroxylation sites is 1. The first-order valence-electron chi connectivity index (χ1n) is 6.61. The number of pyridine rings is 1. The molecule has 1 aromatic carbocycles. The van der Waals surface area contributed by atoms with Gasteiger partial charge in [-0.1, -0.05) is 31.2 Å². The summed E-state index contributed by atoms with van der Waals surface area (Å²) in [7, 11) is 0. The standard InChI is InChI=1S/C16H19NO2/c1-3-12-8-7-11-17-15(12)16(18)13-9-5-6-10-14(13)19-4-2/h5-11,16,18H,3-4H2,1-2H3. The Kier molecular flexibility index (Phi) is 4.53. The van der Waals surface area contributed by atoms with Gasteiger partial charge in [-0.15, -0.1) is 0 Å². The van der Waals surface area contributed by atoms with E-state index in [4.69, 9.17) is 4.74 Å². The number of aliphatic hydroxyl groups is 1. The summed E-state index contributed by atoms with van der Waals surface area (Å²) in [6.45, 7) is 4.57. The van der Waals surface area contributed by atoms with E-state index in [0.29, 0.717) is 18.1 Å². The van der Waals surface area contributed by atoms with E-state index < -0.39 is 6.10 Å². The fraction of sp³-hybridized carbons (Fsp3) is 0.312. The van der Waals surface area contributed by atoms with Crippen LogP contribution in [-0.2, 0) is 6.42 Å². The van der Waals surface area contributed by atoms with E-state index in [0.717, 1.165) is 17.5 Å². The van der Waals surface area contributed by atoms with Gasteiger partial charge in [-0.05, 0) is 31.0 Å². The third-order valence-corrected chi connectivity index (χ3v) is 3.08. The van der Waals surface area contributed by atoms with Crippen LogP contribution in [0.25, 0.3) is 0 Å². The number of aromatic nitrogens is 1. The van der Waals surface area contributed by atoms with Gasteiger partial charge < -0.3 is 9.84 Å². The van der Waals surface area contributed by atoms with Gasteiger partial charge in [0.1, 0.15) is 11.9 Å². The quantitative estimate of drug-likeness (QED) is 0.894. The molecule has 0 radical (unpaired) electrons. The van der Waals surface area contributed by atoms with Crippen molar-refractivity contribution >= 4 is 0 Å². The molecule has 0 amide bonds. The number of aliphatic hydroxyl groups excluding tert-OH is 1. The molecule has 1 N–H and O–H groups in total. The molecule has 3 heteroatoms. The molecule has 1 heterocycles. The zero-order valence-corrected chi connectivity index (χ0v) is 11.3. The Morgan fingerprint density at radius 1 is 1.16 bits per heavy atom. The van der Waals surface area contributed by atoms with Crippen LogP contribution < -0.4 is 4.74 Å². The molecule has 1 aromatic heterocycles. The van der Waals surface area contributed by atoms with Gasteiger partial charge in [-0.2, -0.15) is 0 Å². The maximum atomic E-state index is 10.6. The molecule has 100 valence electrons. The van der Waals surface area contributed by atoms with Crippen LogP contribution in [0.4, 0.5) is 0 Å². The lowest BCUT2D eigenvalue weighted by Crippen LogP contribution is -2.08. The van der Waals surface area contributed by atoms with Crippen LogP contribution in [0.1, 0.15) is 36.8 Å². The first kappa shape index (κ1) is 13.6. The van der Waals surface area contributed by atoms with E-state index in [1.54, 1.807) is 6.20 Å². The minimum Gasteiger partial charge on any atom is -0.493 e. The summed E-state index contributed by atoms with van der Waals surface area (Å²) in [6.07, 6.45) is 1.80. The Balaban J connectivity index is 2.41. The zero-order valence-electron chi connectivity index (χ0n) is 11.3. The van der Waals surface area contributed by atoms with E-state index in [9.17, 15) is 5.11 Å². The fourth-order valence-electron chi connectivity index (χ4n) is 2.14. The van der Waals surface area contributed by atoms with E-state index in [-0.39, 0.29) is 0 Å². The number of aryl methyl sites for hydroxylation is 1. The number of hydrogen-bond donors (Lipinski definition) is 1. The lowest BCUT2D eigenvalue weighted by molar-refractivity contribution is 0.206.